The van der Waals surface area contributed by atoms with Gasteiger partial charge in [0, 0.05) is 70.5 Å². The summed E-state index contributed by atoms with van der Waals surface area (Å²) in [5, 5.41) is 0. The van der Waals surface area contributed by atoms with E-state index in [0.717, 1.165) is 109 Å². The maximum atomic E-state index is 12.3. The van der Waals surface area contributed by atoms with Gasteiger partial charge in [-0.2, -0.15) is 0 Å². The summed E-state index contributed by atoms with van der Waals surface area (Å²) >= 11 is 0. The van der Waals surface area contributed by atoms with Crippen molar-refractivity contribution in [2.45, 2.75) is 410 Å². The van der Waals surface area contributed by atoms with Gasteiger partial charge in [-0.1, -0.05) is 158 Å². The zero-order valence-electron chi connectivity index (χ0n) is 70.3. The van der Waals surface area contributed by atoms with Crippen molar-refractivity contribution >= 4 is 71.6 Å². The average molecular weight is 1760 g/mol. The van der Waals surface area contributed by atoms with Crippen LogP contribution in [0.1, 0.15) is 344 Å². The highest BCUT2D eigenvalue weighted by atomic mass is 16.6. The molecule has 6 saturated heterocycles. The molecule has 0 aromatic rings. The fourth-order valence-electron chi connectivity index (χ4n) is 23.0. The first-order chi connectivity index (χ1) is 52.3. The second-order valence-electron chi connectivity index (χ2n) is 41.2. The molecule has 6 aliphatic heterocycles. The van der Waals surface area contributed by atoms with E-state index in [-0.39, 0.29) is 304 Å². The van der Waals surface area contributed by atoms with Crippen molar-refractivity contribution in [3.05, 3.63) is 0 Å². The monoisotopic (exact) mass is 1760 g/mol. The fraction of sp³-hybridized carbons (Fsp3) is 0.880. The topological polar surface area (TPSA) is 316 Å². The molecule has 124 heavy (non-hydrogen) atoms. The molecule has 12 aliphatic carbocycles. The van der Waals surface area contributed by atoms with Crippen LogP contribution in [-0.4, -0.2) is 145 Å². The molecule has 12 bridgehead atoms. The number of hydrogen-bond acceptors (Lipinski definition) is 24. The third-order valence-corrected chi connectivity index (χ3v) is 32.5. The molecule has 6 heterocycles. The van der Waals surface area contributed by atoms with Crippen molar-refractivity contribution in [2.75, 3.05) is 6.61 Å². The first kappa shape index (κ1) is 116. The third kappa shape index (κ3) is 19.6. The number of hydrogen-bond donors (Lipinski definition) is 0. The zero-order valence-corrected chi connectivity index (χ0v) is 70.3. The van der Waals surface area contributed by atoms with Crippen LogP contribution in [0.2, 0.25) is 0 Å². The fourth-order valence-corrected chi connectivity index (χ4v) is 23.0. The van der Waals surface area contributed by atoms with Crippen LogP contribution in [-0.2, 0) is 114 Å². The molecule has 0 aromatic carbocycles. The van der Waals surface area contributed by atoms with E-state index < -0.39 is 32.7 Å². The Labute approximate surface area is 749 Å². The van der Waals surface area contributed by atoms with E-state index in [1.807, 2.05) is 125 Å². The summed E-state index contributed by atoms with van der Waals surface area (Å²) in [4.78, 5) is 143. The van der Waals surface area contributed by atoms with E-state index in [1.54, 1.807) is 0 Å². The number of rotatable bonds is 18. The van der Waals surface area contributed by atoms with Gasteiger partial charge < -0.3 is 56.8 Å². The van der Waals surface area contributed by atoms with Gasteiger partial charge in [0.15, 0.2) is 0 Å². The predicted octanol–water partition coefficient (Wildman–Crippen LogP) is 20.4. The second-order valence-corrected chi connectivity index (χ2v) is 41.2. The molecule has 0 N–H and O–H groups in total. The smallest absolute Gasteiger partial charge is 0.311 e. The Balaban J connectivity index is 0.000000730. The Bertz CT molecular complexity index is 3730. The van der Waals surface area contributed by atoms with E-state index in [1.165, 1.54) is 0 Å². The van der Waals surface area contributed by atoms with Crippen LogP contribution in [0.5, 0.6) is 0 Å². The van der Waals surface area contributed by atoms with Gasteiger partial charge in [-0.05, 0) is 197 Å². The van der Waals surface area contributed by atoms with Crippen molar-refractivity contribution < 1.29 is 114 Å². The lowest BCUT2D eigenvalue weighted by Gasteiger charge is -2.36. The summed E-state index contributed by atoms with van der Waals surface area (Å²) in [5.74, 6) is 2.40. The number of carbonyl (C=O) groups excluding carboxylic acids is 12. The summed E-state index contributed by atoms with van der Waals surface area (Å²) in [7, 11) is 0. The first-order valence-corrected chi connectivity index (χ1v) is 42.7. The van der Waals surface area contributed by atoms with Crippen LogP contribution in [0.4, 0.5) is 0 Å². The average Bonchev–Trinajstić information content (AvgIpc) is 1.53. The minimum absolute atomic E-state index is 0. The van der Waals surface area contributed by atoms with Gasteiger partial charge in [-0.25, -0.2) is 0 Å². The second kappa shape index (κ2) is 41.2. The summed E-state index contributed by atoms with van der Waals surface area (Å²) in [5.41, 5.74) is -2.93. The molecule has 18 rings (SSSR count). The molecular weight excluding hydrogens is 1590 g/mol. The van der Waals surface area contributed by atoms with Crippen molar-refractivity contribution in [1.29, 1.82) is 0 Å². The lowest BCUT2D eigenvalue weighted by Crippen LogP contribution is -2.47. The number of fused-ring (bicyclic) bond motifs is 10. The lowest BCUT2D eigenvalue weighted by molar-refractivity contribution is -0.181. The van der Waals surface area contributed by atoms with Crippen LogP contribution in [0.3, 0.4) is 0 Å². The molecule has 24 nitrogen and oxygen atoms in total. The predicted molar refractivity (Wildman–Crippen MR) is 480 cm³/mol. The van der Waals surface area contributed by atoms with Crippen LogP contribution in [0.15, 0.2) is 0 Å². The van der Waals surface area contributed by atoms with Crippen molar-refractivity contribution in [2.24, 2.45) is 150 Å². The molecular formula is C100H176O24. The van der Waals surface area contributed by atoms with Crippen molar-refractivity contribution in [1.82, 2.24) is 0 Å². The Morgan fingerprint density at radius 2 is 0.774 bits per heavy atom. The molecule has 24 heteroatoms. The Kier molecular flexibility index (Phi) is 38.4. The van der Waals surface area contributed by atoms with Gasteiger partial charge in [-0.15, -0.1) is 0 Å². The molecule has 0 radical (unpaired) electrons. The summed E-state index contributed by atoms with van der Waals surface area (Å²) < 4.78 is 66.7. The summed E-state index contributed by atoms with van der Waals surface area (Å²) in [6.45, 7) is 41.7. The van der Waals surface area contributed by atoms with E-state index in [0.29, 0.717) is 48.0 Å². The molecule has 31 atom stereocenters. The van der Waals surface area contributed by atoms with E-state index in [2.05, 4.69) is 20.8 Å². The molecule has 720 valence electrons. The highest BCUT2D eigenvalue weighted by Gasteiger charge is 2.74. The van der Waals surface area contributed by atoms with Gasteiger partial charge in [0.25, 0.3) is 0 Å². The van der Waals surface area contributed by atoms with Crippen molar-refractivity contribution in [3.63, 3.8) is 0 Å². The summed E-state index contributed by atoms with van der Waals surface area (Å²) in [6, 6.07) is 0. The molecule has 18 aliphatic rings. The van der Waals surface area contributed by atoms with Gasteiger partial charge >= 0.3 is 71.6 Å². The van der Waals surface area contributed by atoms with Crippen molar-refractivity contribution in [3.8, 4) is 0 Å². The molecule has 0 aromatic heterocycles. The molecule has 0 amide bonds. The standard InChI is InChI=1S/C16H24O4.3C15H22O4.C14H20O4.C13H18O4.12CH4/c1-6-15(2,3)14(18)20-11-9-7-8-10(16(9,4)5)12(11)19-13(8)17;1-5-14(2,3)13(17)19-11-10-8-6-15(11,4)7-9(8)12(16)18-10;1-5-14(2,3)13(17)18-11-8-6-9-10(7-8)15(11,4)19-12(9)16;1-4-15(2,3)14(17)19-11-6-8-5-9(11)10-7-18-13(16)12(8)10;1-4-14(2,3)13(16)18-10-7-5-8-9(6-7)12(15)17-11(8)10;1-3-6(2)12(14)16-10-7-4-8-9(5-7)13(15)17-11(8)10;;;;;;;;;;;;/h8-12H,6-7H2,1-5H3;2*8-11H,5-7H2,1-4H3;8-12H,4-7H2,1-3H3;7-11H,4-6H2,1-3H3;6-11H,3-5H2,1-2H3;12*1H4. The lowest BCUT2D eigenvalue weighted by atomic mass is 9.79. The van der Waals surface area contributed by atoms with E-state index in [4.69, 9.17) is 56.8 Å². The molecule has 31 unspecified atom stereocenters. The number of carbonyl (C=O) groups is 12. The Morgan fingerprint density at radius 3 is 1.25 bits per heavy atom. The third-order valence-electron chi connectivity index (χ3n) is 32.5. The Morgan fingerprint density at radius 1 is 0.371 bits per heavy atom. The minimum atomic E-state index is -0.579. The largest absolute Gasteiger partial charge is 0.465 e. The van der Waals surface area contributed by atoms with Gasteiger partial charge in [0.2, 0.25) is 0 Å². The number of esters is 12. The van der Waals surface area contributed by atoms with Crippen LogP contribution < -0.4 is 0 Å². The summed E-state index contributed by atoms with van der Waals surface area (Å²) in [6.07, 6.45) is 12.5. The van der Waals surface area contributed by atoms with Crippen LogP contribution in [0, 0.1) is 150 Å². The number of ether oxygens (including phenoxy) is 12. The van der Waals surface area contributed by atoms with Gasteiger partial charge in [0.1, 0.15) is 66.6 Å². The minimum Gasteiger partial charge on any atom is -0.465 e. The highest BCUT2D eigenvalue weighted by Crippen LogP contribution is 2.67. The molecule has 12 saturated carbocycles. The van der Waals surface area contributed by atoms with Crippen LogP contribution in [0.25, 0.3) is 0 Å². The van der Waals surface area contributed by atoms with Gasteiger partial charge in [-0.3, -0.25) is 57.5 Å². The van der Waals surface area contributed by atoms with E-state index >= 15 is 0 Å². The molecule has 0 spiro atoms. The van der Waals surface area contributed by atoms with E-state index in [9.17, 15) is 57.5 Å². The zero-order chi connectivity index (χ0) is 81.9. The number of cyclic esters (lactones) is 1. The highest BCUT2D eigenvalue weighted by molar-refractivity contribution is 5.83. The maximum Gasteiger partial charge on any atom is 0.311 e. The maximum absolute atomic E-state index is 12.3. The quantitative estimate of drug-likeness (QED) is 0.0909. The first-order valence-electron chi connectivity index (χ1n) is 42.7. The van der Waals surface area contributed by atoms with Gasteiger partial charge in [0.05, 0.1) is 75.1 Å². The SMILES string of the molecule is C.C.C.C.C.C.C.C.C.C.C.C.CCC(C)(C)C(=O)OC1C2CC3C(=O)OC1(C)C3C2.CCC(C)(C)C(=O)OC1C2CC3C(=O)OC1C3C2.CCC(C)(C)C(=O)OC1C2OC(=O)C3CC1(C)CC32.CCC(C)(C)C(=O)OC1C2OC(=O)C3CC1C(C)(C)C32.CCC(C)(C)C(=O)OC1CC2CC1C1COC(=O)C21.CCC(C)C(=O)OC1C2CC3C(=O)OC1C3C2. The normalized spacial score (nSPS) is 38.0. The Hall–Kier alpha value is -6.36. The molecule has 18 fully saturated rings. The van der Waals surface area contributed by atoms with Crippen LogP contribution >= 0.6 is 0 Å².